The van der Waals surface area contributed by atoms with Crippen LogP contribution in [0.3, 0.4) is 0 Å². The number of methoxy groups -OCH3 is 2. The van der Waals surface area contributed by atoms with E-state index in [0.717, 1.165) is 16.7 Å². The molecular weight excluding hydrogens is 266 g/mol. The van der Waals surface area contributed by atoms with Gasteiger partial charge in [0.2, 0.25) is 5.91 Å². The van der Waals surface area contributed by atoms with Gasteiger partial charge in [-0.15, -0.1) is 0 Å². The van der Waals surface area contributed by atoms with Crippen LogP contribution in [0.4, 0.5) is 0 Å². The van der Waals surface area contributed by atoms with Crippen molar-refractivity contribution in [2.45, 2.75) is 0 Å². The van der Waals surface area contributed by atoms with Crippen molar-refractivity contribution in [1.82, 2.24) is 0 Å². The molecule has 4 nitrogen and oxygen atoms in total. The van der Waals surface area contributed by atoms with E-state index < -0.39 is 5.91 Å². The lowest BCUT2D eigenvalue weighted by Crippen LogP contribution is -2.07. The van der Waals surface area contributed by atoms with Crippen LogP contribution in [0.15, 0.2) is 54.6 Å². The Bertz CT molecular complexity index is 663. The van der Waals surface area contributed by atoms with Gasteiger partial charge in [0, 0.05) is 6.08 Å². The van der Waals surface area contributed by atoms with E-state index in [9.17, 15) is 4.79 Å². The number of rotatable bonds is 5. The van der Waals surface area contributed by atoms with Crippen molar-refractivity contribution in [2.75, 3.05) is 14.2 Å². The van der Waals surface area contributed by atoms with Crippen molar-refractivity contribution in [3.8, 4) is 11.5 Å². The molecule has 0 aromatic heterocycles. The molecular formula is C17H17NO3. The van der Waals surface area contributed by atoms with Crippen LogP contribution in [0, 0.1) is 0 Å². The molecule has 0 saturated carbocycles. The highest BCUT2D eigenvalue weighted by Gasteiger charge is 2.10. The first kappa shape index (κ1) is 14.7. The summed E-state index contributed by atoms with van der Waals surface area (Å²) in [5.41, 5.74) is 7.80. The first-order chi connectivity index (χ1) is 10.2. The van der Waals surface area contributed by atoms with Gasteiger partial charge in [-0.1, -0.05) is 36.4 Å². The SMILES string of the molecule is COc1ccc(/C(=C\C(N)=O)c2ccccc2)cc1OC. The van der Waals surface area contributed by atoms with E-state index in [2.05, 4.69) is 0 Å². The average Bonchev–Trinajstić information content (AvgIpc) is 2.52. The summed E-state index contributed by atoms with van der Waals surface area (Å²) in [5, 5.41) is 0. The normalized spacial score (nSPS) is 11.0. The Morgan fingerprint density at radius 2 is 1.62 bits per heavy atom. The minimum Gasteiger partial charge on any atom is -0.493 e. The Balaban J connectivity index is 2.55. The van der Waals surface area contributed by atoms with Crippen LogP contribution in [0.5, 0.6) is 11.5 Å². The summed E-state index contributed by atoms with van der Waals surface area (Å²) in [6.07, 6.45) is 1.41. The third kappa shape index (κ3) is 3.42. The monoisotopic (exact) mass is 283 g/mol. The van der Waals surface area contributed by atoms with Gasteiger partial charge in [-0.3, -0.25) is 4.79 Å². The molecule has 2 rings (SSSR count). The van der Waals surface area contributed by atoms with Gasteiger partial charge in [-0.25, -0.2) is 0 Å². The van der Waals surface area contributed by atoms with Crippen molar-refractivity contribution in [3.05, 3.63) is 65.7 Å². The summed E-state index contributed by atoms with van der Waals surface area (Å²) in [7, 11) is 3.15. The van der Waals surface area contributed by atoms with E-state index in [1.807, 2.05) is 42.5 Å². The molecule has 21 heavy (non-hydrogen) atoms. The number of hydrogen-bond acceptors (Lipinski definition) is 3. The number of carbonyl (C=O) groups excluding carboxylic acids is 1. The molecule has 0 radical (unpaired) electrons. The maximum absolute atomic E-state index is 11.3. The molecule has 0 saturated heterocycles. The van der Waals surface area contributed by atoms with E-state index in [0.29, 0.717) is 11.5 Å². The topological polar surface area (TPSA) is 61.5 Å². The number of primary amides is 1. The van der Waals surface area contributed by atoms with E-state index in [1.165, 1.54) is 6.08 Å². The van der Waals surface area contributed by atoms with Crippen molar-refractivity contribution in [3.63, 3.8) is 0 Å². The van der Waals surface area contributed by atoms with Gasteiger partial charge in [-0.05, 0) is 28.8 Å². The zero-order valence-corrected chi connectivity index (χ0v) is 12.0. The largest absolute Gasteiger partial charge is 0.493 e. The highest BCUT2D eigenvalue weighted by atomic mass is 16.5. The van der Waals surface area contributed by atoms with Gasteiger partial charge in [0.15, 0.2) is 11.5 Å². The molecule has 2 aromatic carbocycles. The Labute approximate surface area is 123 Å². The molecule has 108 valence electrons. The molecule has 2 N–H and O–H groups in total. The first-order valence-electron chi connectivity index (χ1n) is 6.44. The second-order valence-corrected chi connectivity index (χ2v) is 4.40. The molecule has 4 heteroatoms. The standard InChI is InChI=1S/C17H17NO3/c1-20-15-9-8-13(10-16(15)21-2)14(11-17(18)19)12-6-4-3-5-7-12/h3-11H,1-2H3,(H2,18,19)/b14-11-. The second kappa shape index (κ2) is 6.61. The Morgan fingerprint density at radius 1 is 0.952 bits per heavy atom. The molecule has 0 aliphatic heterocycles. The zero-order valence-electron chi connectivity index (χ0n) is 12.0. The highest BCUT2D eigenvalue weighted by Crippen LogP contribution is 2.32. The van der Waals surface area contributed by atoms with Crippen LogP contribution in [0.25, 0.3) is 5.57 Å². The van der Waals surface area contributed by atoms with Crippen molar-refractivity contribution < 1.29 is 14.3 Å². The van der Waals surface area contributed by atoms with Crippen LogP contribution in [-0.4, -0.2) is 20.1 Å². The Kier molecular flexibility index (Phi) is 4.61. The molecule has 0 bridgehead atoms. The number of nitrogens with two attached hydrogens (primary N) is 1. The summed E-state index contributed by atoms with van der Waals surface area (Å²) >= 11 is 0. The van der Waals surface area contributed by atoms with E-state index in [-0.39, 0.29) is 0 Å². The predicted octanol–water partition coefficient (Wildman–Crippen LogP) is 2.62. The van der Waals surface area contributed by atoms with Crippen molar-refractivity contribution in [2.24, 2.45) is 5.73 Å². The van der Waals surface area contributed by atoms with Gasteiger partial charge in [0.1, 0.15) is 0 Å². The van der Waals surface area contributed by atoms with Crippen LogP contribution in [-0.2, 0) is 4.79 Å². The Hall–Kier alpha value is -2.75. The lowest BCUT2D eigenvalue weighted by molar-refractivity contribution is -0.113. The van der Waals surface area contributed by atoms with Crippen molar-refractivity contribution in [1.29, 1.82) is 0 Å². The predicted molar refractivity (Wildman–Crippen MR) is 82.3 cm³/mol. The second-order valence-electron chi connectivity index (χ2n) is 4.40. The highest BCUT2D eigenvalue weighted by molar-refractivity contribution is 5.98. The van der Waals surface area contributed by atoms with Crippen LogP contribution < -0.4 is 15.2 Å². The summed E-state index contributed by atoms with van der Waals surface area (Å²) in [6, 6.07) is 15.1. The number of benzene rings is 2. The fraction of sp³-hybridized carbons (Fsp3) is 0.118. The molecule has 0 unspecified atom stereocenters. The quantitative estimate of drug-likeness (QED) is 0.858. The number of carbonyl (C=O) groups is 1. The van der Waals surface area contributed by atoms with E-state index in [4.69, 9.17) is 15.2 Å². The summed E-state index contributed by atoms with van der Waals surface area (Å²) < 4.78 is 10.5. The molecule has 0 atom stereocenters. The molecule has 0 aliphatic rings. The van der Waals surface area contributed by atoms with E-state index >= 15 is 0 Å². The maximum atomic E-state index is 11.3. The summed E-state index contributed by atoms with van der Waals surface area (Å²) in [5.74, 6) is 0.734. The van der Waals surface area contributed by atoms with Crippen LogP contribution in [0.1, 0.15) is 11.1 Å². The Morgan fingerprint density at radius 3 is 2.19 bits per heavy atom. The summed E-state index contributed by atoms with van der Waals surface area (Å²) in [4.78, 5) is 11.3. The minimum atomic E-state index is -0.497. The zero-order chi connectivity index (χ0) is 15.2. The number of amides is 1. The van der Waals surface area contributed by atoms with Gasteiger partial charge >= 0.3 is 0 Å². The van der Waals surface area contributed by atoms with E-state index in [1.54, 1.807) is 20.3 Å². The molecule has 0 fully saturated rings. The fourth-order valence-electron chi connectivity index (χ4n) is 2.10. The van der Waals surface area contributed by atoms with Gasteiger partial charge in [-0.2, -0.15) is 0 Å². The van der Waals surface area contributed by atoms with Crippen LogP contribution in [0.2, 0.25) is 0 Å². The average molecular weight is 283 g/mol. The maximum Gasteiger partial charge on any atom is 0.242 e. The molecule has 0 aliphatic carbocycles. The summed E-state index contributed by atoms with van der Waals surface area (Å²) in [6.45, 7) is 0. The first-order valence-corrected chi connectivity index (χ1v) is 6.44. The molecule has 1 amide bonds. The third-order valence-electron chi connectivity index (χ3n) is 3.07. The van der Waals surface area contributed by atoms with Crippen molar-refractivity contribution >= 4 is 11.5 Å². The fourth-order valence-corrected chi connectivity index (χ4v) is 2.10. The molecule has 0 spiro atoms. The van der Waals surface area contributed by atoms with Gasteiger partial charge in [0.25, 0.3) is 0 Å². The third-order valence-corrected chi connectivity index (χ3v) is 3.07. The number of hydrogen-bond donors (Lipinski definition) is 1. The van der Waals surface area contributed by atoms with Gasteiger partial charge in [0.05, 0.1) is 14.2 Å². The number of ether oxygens (including phenoxy) is 2. The lowest BCUT2D eigenvalue weighted by atomic mass is 9.97. The van der Waals surface area contributed by atoms with Gasteiger partial charge < -0.3 is 15.2 Å². The molecule has 0 heterocycles. The van der Waals surface area contributed by atoms with Crippen LogP contribution >= 0.6 is 0 Å². The smallest absolute Gasteiger partial charge is 0.242 e. The molecule has 2 aromatic rings. The minimum absolute atomic E-state index is 0.497. The lowest BCUT2D eigenvalue weighted by Gasteiger charge is -2.12.